The molecule has 0 amide bonds. The fraction of sp³-hybridized carbons (Fsp3) is 0.667. The van der Waals surface area contributed by atoms with Gasteiger partial charge in [0.1, 0.15) is 5.82 Å². The van der Waals surface area contributed by atoms with Gasteiger partial charge >= 0.3 is 0 Å². The van der Waals surface area contributed by atoms with Crippen molar-refractivity contribution < 1.29 is 4.74 Å². The molecule has 0 bridgehead atoms. The van der Waals surface area contributed by atoms with Crippen molar-refractivity contribution in [3.8, 4) is 0 Å². The number of nitrogens with zero attached hydrogens (tertiary/aromatic N) is 3. The van der Waals surface area contributed by atoms with Crippen molar-refractivity contribution in [2.45, 2.75) is 32.6 Å². The van der Waals surface area contributed by atoms with E-state index >= 15 is 0 Å². The van der Waals surface area contributed by atoms with Crippen LogP contribution in [0.3, 0.4) is 0 Å². The highest BCUT2D eigenvalue weighted by atomic mass is 16.5. The normalized spacial score (nSPS) is 25.0. The Balaban J connectivity index is 2.06. The number of hydrogen-bond donors (Lipinski definition) is 1. The molecule has 2 atom stereocenters. The van der Waals surface area contributed by atoms with E-state index in [1.807, 2.05) is 19.4 Å². The highest BCUT2D eigenvalue weighted by molar-refractivity contribution is 5.36. The number of rotatable bonds is 3. The molecule has 2 heterocycles. The Morgan fingerprint density at radius 2 is 2.00 bits per heavy atom. The van der Waals surface area contributed by atoms with Crippen LogP contribution in [0, 0.1) is 0 Å². The average molecular weight is 236 g/mol. The second-order valence-corrected chi connectivity index (χ2v) is 4.56. The Hall–Kier alpha value is -1.20. The van der Waals surface area contributed by atoms with E-state index in [0.717, 1.165) is 31.1 Å². The van der Waals surface area contributed by atoms with Crippen LogP contribution in [0.5, 0.6) is 0 Å². The van der Waals surface area contributed by atoms with Crippen molar-refractivity contribution in [3.63, 3.8) is 0 Å². The summed E-state index contributed by atoms with van der Waals surface area (Å²) < 4.78 is 5.70. The number of aromatic nitrogens is 2. The van der Waals surface area contributed by atoms with E-state index in [4.69, 9.17) is 4.74 Å². The van der Waals surface area contributed by atoms with Gasteiger partial charge in [-0.2, -0.15) is 0 Å². The Labute approximate surface area is 102 Å². The zero-order valence-electron chi connectivity index (χ0n) is 10.7. The monoisotopic (exact) mass is 236 g/mol. The summed E-state index contributed by atoms with van der Waals surface area (Å²) in [6.45, 7) is 6.69. The van der Waals surface area contributed by atoms with Crippen molar-refractivity contribution in [2.75, 3.05) is 25.0 Å². The van der Waals surface area contributed by atoms with Gasteiger partial charge in [0.2, 0.25) is 0 Å². The molecule has 5 nitrogen and oxygen atoms in total. The third-order valence-electron chi connectivity index (χ3n) is 2.79. The average Bonchev–Trinajstić information content (AvgIpc) is 2.29. The fourth-order valence-electron chi connectivity index (χ4n) is 2.15. The summed E-state index contributed by atoms with van der Waals surface area (Å²) in [7, 11) is 1.90. The minimum atomic E-state index is 0.248. The quantitative estimate of drug-likeness (QED) is 0.841. The molecule has 5 heteroatoms. The summed E-state index contributed by atoms with van der Waals surface area (Å²) in [5.41, 5.74) is 0.964. The topological polar surface area (TPSA) is 50.3 Å². The lowest BCUT2D eigenvalue weighted by Crippen LogP contribution is -2.45. The molecule has 0 aliphatic carbocycles. The molecule has 0 aromatic carbocycles. The third-order valence-corrected chi connectivity index (χ3v) is 2.79. The number of ether oxygens (including phenoxy) is 1. The highest BCUT2D eigenvalue weighted by Gasteiger charge is 2.23. The molecule has 0 spiro atoms. The summed E-state index contributed by atoms with van der Waals surface area (Å²) >= 11 is 0. The van der Waals surface area contributed by atoms with Crippen LogP contribution in [0.1, 0.15) is 19.5 Å². The number of morpholine rings is 1. The van der Waals surface area contributed by atoms with Crippen molar-refractivity contribution in [1.29, 1.82) is 0 Å². The summed E-state index contributed by atoms with van der Waals surface area (Å²) in [6.07, 6.45) is 4.17. The predicted molar refractivity (Wildman–Crippen MR) is 67.0 cm³/mol. The number of anilines is 1. The second-order valence-electron chi connectivity index (χ2n) is 4.56. The molecule has 2 unspecified atom stereocenters. The summed E-state index contributed by atoms with van der Waals surface area (Å²) in [5.74, 6) is 0.937. The van der Waals surface area contributed by atoms with Gasteiger partial charge in [0, 0.05) is 19.6 Å². The molecule has 1 aliphatic heterocycles. The number of hydrogen-bond acceptors (Lipinski definition) is 5. The standard InChI is InChI=1S/C12H20N4O/c1-9-7-16(8-10(2)17-9)12-6-14-11(4-13-3)5-15-12/h5-6,9-10,13H,4,7-8H2,1-3H3. The SMILES string of the molecule is CNCc1cnc(N2CC(C)OC(C)C2)cn1. The minimum absolute atomic E-state index is 0.248. The zero-order chi connectivity index (χ0) is 12.3. The van der Waals surface area contributed by atoms with E-state index in [0.29, 0.717) is 0 Å². The first-order valence-electron chi connectivity index (χ1n) is 6.05. The van der Waals surface area contributed by atoms with Crippen LogP contribution in [0.4, 0.5) is 5.82 Å². The molecule has 1 saturated heterocycles. The van der Waals surface area contributed by atoms with Crippen molar-refractivity contribution in [3.05, 3.63) is 18.1 Å². The van der Waals surface area contributed by atoms with Crippen LogP contribution >= 0.6 is 0 Å². The van der Waals surface area contributed by atoms with Crippen LogP contribution < -0.4 is 10.2 Å². The lowest BCUT2D eigenvalue weighted by atomic mass is 10.2. The van der Waals surface area contributed by atoms with E-state index in [2.05, 4.69) is 34.0 Å². The van der Waals surface area contributed by atoms with Crippen LogP contribution in [0.15, 0.2) is 12.4 Å². The smallest absolute Gasteiger partial charge is 0.147 e. The van der Waals surface area contributed by atoms with Crippen molar-refractivity contribution in [1.82, 2.24) is 15.3 Å². The first kappa shape index (κ1) is 12.3. The van der Waals surface area contributed by atoms with Gasteiger partial charge in [-0.25, -0.2) is 4.98 Å². The van der Waals surface area contributed by atoms with Gasteiger partial charge in [-0.15, -0.1) is 0 Å². The predicted octanol–water partition coefficient (Wildman–Crippen LogP) is 0.810. The second kappa shape index (κ2) is 5.42. The fourth-order valence-corrected chi connectivity index (χ4v) is 2.15. The summed E-state index contributed by atoms with van der Waals surface area (Å²) in [4.78, 5) is 11.1. The molecule has 1 aromatic rings. The van der Waals surface area contributed by atoms with E-state index in [9.17, 15) is 0 Å². The Morgan fingerprint density at radius 1 is 1.29 bits per heavy atom. The Bertz CT molecular complexity index is 344. The molecule has 1 aromatic heterocycles. The molecule has 0 radical (unpaired) electrons. The van der Waals surface area contributed by atoms with E-state index in [1.54, 1.807) is 0 Å². The van der Waals surface area contributed by atoms with Gasteiger partial charge in [-0.3, -0.25) is 4.98 Å². The maximum atomic E-state index is 5.70. The lowest BCUT2D eigenvalue weighted by Gasteiger charge is -2.35. The third kappa shape index (κ3) is 3.14. The van der Waals surface area contributed by atoms with Crippen LogP contribution in [0.2, 0.25) is 0 Å². The van der Waals surface area contributed by atoms with E-state index < -0.39 is 0 Å². The van der Waals surface area contributed by atoms with Crippen LogP contribution in [-0.4, -0.2) is 42.3 Å². The van der Waals surface area contributed by atoms with Gasteiger partial charge in [0.25, 0.3) is 0 Å². The summed E-state index contributed by atoms with van der Waals surface area (Å²) in [5, 5.41) is 3.06. The minimum Gasteiger partial charge on any atom is -0.372 e. The first-order chi connectivity index (χ1) is 8.19. The highest BCUT2D eigenvalue weighted by Crippen LogP contribution is 2.17. The van der Waals surface area contributed by atoms with Crippen LogP contribution in [-0.2, 0) is 11.3 Å². The maximum Gasteiger partial charge on any atom is 0.147 e. The van der Waals surface area contributed by atoms with Crippen LogP contribution in [0.25, 0.3) is 0 Å². The first-order valence-corrected chi connectivity index (χ1v) is 6.05. The lowest BCUT2D eigenvalue weighted by molar-refractivity contribution is -0.00547. The van der Waals surface area contributed by atoms with Gasteiger partial charge in [0.15, 0.2) is 0 Å². The van der Waals surface area contributed by atoms with Gasteiger partial charge in [-0.05, 0) is 20.9 Å². The van der Waals surface area contributed by atoms with Gasteiger partial charge < -0.3 is 15.0 Å². The maximum absolute atomic E-state index is 5.70. The largest absolute Gasteiger partial charge is 0.372 e. The van der Waals surface area contributed by atoms with Gasteiger partial charge in [0.05, 0.1) is 30.3 Å². The molecule has 0 saturated carbocycles. The Morgan fingerprint density at radius 3 is 2.53 bits per heavy atom. The van der Waals surface area contributed by atoms with E-state index in [-0.39, 0.29) is 12.2 Å². The molecule has 2 rings (SSSR count). The van der Waals surface area contributed by atoms with Gasteiger partial charge in [-0.1, -0.05) is 0 Å². The number of nitrogens with one attached hydrogen (secondary N) is 1. The molecule has 1 aliphatic rings. The zero-order valence-corrected chi connectivity index (χ0v) is 10.7. The molecular weight excluding hydrogens is 216 g/mol. The molecule has 94 valence electrons. The Kier molecular flexibility index (Phi) is 3.91. The van der Waals surface area contributed by atoms with Crippen molar-refractivity contribution >= 4 is 5.82 Å². The molecule has 1 N–H and O–H groups in total. The molecular formula is C12H20N4O. The van der Waals surface area contributed by atoms with Crippen molar-refractivity contribution in [2.24, 2.45) is 0 Å². The molecule has 1 fully saturated rings. The molecule has 17 heavy (non-hydrogen) atoms. The van der Waals surface area contributed by atoms with E-state index in [1.165, 1.54) is 0 Å². The summed E-state index contributed by atoms with van der Waals surface area (Å²) in [6, 6.07) is 0.